The predicted octanol–water partition coefficient (Wildman–Crippen LogP) is 6.20. The highest BCUT2D eigenvalue weighted by atomic mass is 19.4. The van der Waals surface area contributed by atoms with Crippen LogP contribution < -0.4 is 15.0 Å². The molecule has 2 aromatic carbocycles. The molecule has 1 aromatic heterocycles. The number of aromatic nitrogens is 1. The molecule has 5 nitrogen and oxygen atoms in total. The molecule has 1 N–H and O–H groups in total. The molecule has 0 spiro atoms. The molecule has 3 rings (SSSR count). The number of halogens is 8. The number of carbonyl (C=O) groups excluding carboxylic acids is 1. The highest BCUT2D eigenvalue weighted by molar-refractivity contribution is 5.86. The van der Waals surface area contributed by atoms with Gasteiger partial charge in [-0.3, -0.25) is 9.78 Å². The highest BCUT2D eigenvalue weighted by Crippen LogP contribution is 2.34. The molecule has 0 radical (unpaired) electrons. The fourth-order valence-electron chi connectivity index (χ4n) is 3.73. The van der Waals surface area contributed by atoms with E-state index < -0.39 is 47.6 Å². The third-order valence-electron chi connectivity index (χ3n) is 5.44. The van der Waals surface area contributed by atoms with Crippen molar-refractivity contribution >= 4 is 11.6 Å². The van der Waals surface area contributed by atoms with E-state index in [2.05, 4.69) is 15.0 Å². The van der Waals surface area contributed by atoms with Gasteiger partial charge in [0.05, 0.1) is 0 Å². The summed E-state index contributed by atoms with van der Waals surface area (Å²) >= 11 is 0. The van der Waals surface area contributed by atoms with Gasteiger partial charge in [0.25, 0.3) is 0 Å². The monoisotopic (exact) mass is 547 g/mol. The Morgan fingerprint density at radius 2 is 1.68 bits per heavy atom. The summed E-state index contributed by atoms with van der Waals surface area (Å²) < 4.78 is 108. The van der Waals surface area contributed by atoms with Gasteiger partial charge in [-0.05, 0) is 54.3 Å². The molecule has 13 heteroatoms. The zero-order valence-corrected chi connectivity index (χ0v) is 19.7. The summed E-state index contributed by atoms with van der Waals surface area (Å²) in [4.78, 5) is 17.7. The number of hydrogen-bond donors (Lipinski definition) is 1. The van der Waals surface area contributed by atoms with E-state index in [-0.39, 0.29) is 30.6 Å². The maximum absolute atomic E-state index is 14.1. The lowest BCUT2D eigenvalue weighted by atomic mass is 10.0. The summed E-state index contributed by atoms with van der Waals surface area (Å²) in [6.45, 7) is -0.0203. The minimum Gasteiger partial charge on any atom is -0.403 e. The number of carbonyl (C=O) groups is 1. The minimum atomic E-state index is -5.18. The zero-order chi connectivity index (χ0) is 28.1. The average molecular weight is 547 g/mol. The van der Waals surface area contributed by atoms with Crippen LogP contribution in [0.2, 0.25) is 0 Å². The number of pyridine rings is 1. The Kier molecular flexibility index (Phi) is 8.79. The first-order chi connectivity index (χ1) is 17.8. The lowest BCUT2D eigenvalue weighted by Gasteiger charge is -2.33. The van der Waals surface area contributed by atoms with Crippen molar-refractivity contribution in [2.45, 2.75) is 31.4 Å². The fraction of sp³-hybridized carbons (Fsp3) is 0.280. The molecule has 38 heavy (non-hydrogen) atoms. The number of nitrogens with zero attached hydrogens (tertiary/aromatic N) is 2. The third kappa shape index (κ3) is 7.56. The largest absolute Gasteiger partial charge is 0.573 e. The van der Waals surface area contributed by atoms with Gasteiger partial charge in [-0.15, -0.1) is 13.2 Å². The molecule has 0 unspecified atom stereocenters. The zero-order valence-electron chi connectivity index (χ0n) is 19.7. The molecule has 204 valence electrons. The van der Waals surface area contributed by atoms with Gasteiger partial charge < -0.3 is 15.0 Å². The molecule has 0 aliphatic heterocycles. The van der Waals surface area contributed by atoms with Gasteiger partial charge in [0.2, 0.25) is 5.91 Å². The van der Waals surface area contributed by atoms with Crippen LogP contribution in [-0.2, 0) is 17.4 Å². The van der Waals surface area contributed by atoms with Gasteiger partial charge in [-0.2, -0.15) is 13.2 Å². The topological polar surface area (TPSA) is 54.5 Å². The Morgan fingerprint density at radius 3 is 2.24 bits per heavy atom. The van der Waals surface area contributed by atoms with Gasteiger partial charge >= 0.3 is 12.5 Å². The molecule has 0 saturated carbocycles. The maximum Gasteiger partial charge on any atom is 0.573 e. The lowest BCUT2D eigenvalue weighted by Crippen LogP contribution is -2.40. The van der Waals surface area contributed by atoms with Crippen LogP contribution in [0, 0.1) is 11.6 Å². The van der Waals surface area contributed by atoms with Gasteiger partial charge in [0.1, 0.15) is 17.6 Å². The van der Waals surface area contributed by atoms with E-state index in [1.165, 1.54) is 30.1 Å². The van der Waals surface area contributed by atoms with Crippen LogP contribution in [0.25, 0.3) is 0 Å². The molecule has 0 bridgehead atoms. The summed E-state index contributed by atoms with van der Waals surface area (Å²) in [5, 5.41) is 2.44. The Balaban J connectivity index is 1.96. The molecular formula is C25H21F8N3O2. The van der Waals surface area contributed by atoms with E-state index in [0.717, 1.165) is 42.6 Å². The average Bonchev–Trinajstić information content (AvgIpc) is 2.84. The van der Waals surface area contributed by atoms with Crippen LogP contribution in [0.15, 0.2) is 60.8 Å². The minimum absolute atomic E-state index is 0.0193. The first-order valence-electron chi connectivity index (χ1n) is 11.1. The van der Waals surface area contributed by atoms with Crippen LogP contribution in [-0.4, -0.2) is 30.8 Å². The second kappa shape index (κ2) is 11.7. The third-order valence-corrected chi connectivity index (χ3v) is 5.44. The van der Waals surface area contributed by atoms with Crippen molar-refractivity contribution in [1.82, 2.24) is 10.3 Å². The van der Waals surface area contributed by atoms with E-state index in [1.54, 1.807) is 0 Å². The van der Waals surface area contributed by atoms with Crippen molar-refractivity contribution in [3.63, 3.8) is 0 Å². The standard InChI is InChI=1S/C25H21F8N3O2/c1-34-23(37)22(16-5-7-17(26)8-6-16)36(18-9-10-19(27)20(13-18)38-25(31,32)33)12-2-3-15-4-11-21(35-14-15)24(28,29)30/h4-11,13-14,22H,2-3,12H2,1H3,(H,34,37)/t22-/m0/s1. The number of benzene rings is 2. The second-order valence-corrected chi connectivity index (χ2v) is 8.08. The Morgan fingerprint density at radius 1 is 1.00 bits per heavy atom. The van der Waals surface area contributed by atoms with E-state index in [1.807, 2.05) is 0 Å². The van der Waals surface area contributed by atoms with Crippen LogP contribution >= 0.6 is 0 Å². The summed E-state index contributed by atoms with van der Waals surface area (Å²) in [6, 6.07) is 8.38. The normalized spacial score (nSPS) is 12.7. The van der Waals surface area contributed by atoms with Gasteiger partial charge in [0.15, 0.2) is 11.6 Å². The fourth-order valence-corrected chi connectivity index (χ4v) is 3.73. The van der Waals surface area contributed by atoms with Crippen molar-refractivity contribution in [1.29, 1.82) is 0 Å². The summed E-state index contributed by atoms with van der Waals surface area (Å²) in [5.74, 6) is -3.61. The smallest absolute Gasteiger partial charge is 0.403 e. The van der Waals surface area contributed by atoms with Crippen LogP contribution in [0.5, 0.6) is 5.75 Å². The molecule has 1 amide bonds. The summed E-state index contributed by atoms with van der Waals surface area (Å²) in [7, 11) is 1.33. The molecule has 0 fully saturated rings. The predicted molar refractivity (Wildman–Crippen MR) is 121 cm³/mol. The Bertz CT molecular complexity index is 1230. The van der Waals surface area contributed by atoms with E-state index in [9.17, 15) is 39.9 Å². The number of aryl methyl sites for hydroxylation is 1. The molecule has 3 aromatic rings. The molecule has 0 aliphatic rings. The van der Waals surface area contributed by atoms with E-state index in [0.29, 0.717) is 5.56 Å². The molecule has 1 atom stereocenters. The van der Waals surface area contributed by atoms with E-state index >= 15 is 0 Å². The lowest BCUT2D eigenvalue weighted by molar-refractivity contribution is -0.275. The van der Waals surface area contributed by atoms with Gasteiger partial charge in [-0.1, -0.05) is 18.2 Å². The summed E-state index contributed by atoms with van der Waals surface area (Å²) in [5.41, 5.74) is -0.363. The van der Waals surface area contributed by atoms with Crippen LogP contribution in [0.4, 0.5) is 40.8 Å². The number of nitrogens with one attached hydrogen (secondary N) is 1. The highest BCUT2D eigenvalue weighted by Gasteiger charge is 2.34. The van der Waals surface area contributed by atoms with Crippen molar-refractivity contribution in [3.05, 3.63) is 89.2 Å². The number of likely N-dealkylation sites (N-methyl/N-ethyl adjacent to an activating group) is 1. The van der Waals surface area contributed by atoms with Gasteiger partial charge in [-0.25, -0.2) is 8.78 Å². The number of rotatable bonds is 9. The number of alkyl halides is 6. The van der Waals surface area contributed by atoms with Crippen molar-refractivity contribution in [2.75, 3.05) is 18.5 Å². The first-order valence-corrected chi connectivity index (χ1v) is 11.1. The second-order valence-electron chi connectivity index (χ2n) is 8.08. The molecule has 0 aliphatic carbocycles. The molecule has 0 saturated heterocycles. The van der Waals surface area contributed by atoms with Crippen molar-refractivity contribution in [3.8, 4) is 5.75 Å². The maximum atomic E-state index is 14.1. The Labute approximate surface area is 212 Å². The van der Waals surface area contributed by atoms with Gasteiger partial charge in [0, 0.05) is 31.5 Å². The number of amides is 1. The summed E-state index contributed by atoms with van der Waals surface area (Å²) in [6.07, 6.45) is -8.34. The first kappa shape index (κ1) is 28.7. The quantitative estimate of drug-likeness (QED) is 0.324. The number of ether oxygens (including phenoxy) is 1. The van der Waals surface area contributed by atoms with E-state index in [4.69, 9.17) is 0 Å². The number of anilines is 1. The Hall–Kier alpha value is -3.90. The van der Waals surface area contributed by atoms with Crippen LogP contribution in [0.3, 0.4) is 0 Å². The SMILES string of the molecule is CNC(=O)[C@H](c1ccc(F)cc1)N(CCCc1ccc(C(F)(F)F)nc1)c1ccc(F)c(OC(F)(F)F)c1. The van der Waals surface area contributed by atoms with Crippen LogP contribution in [0.1, 0.15) is 29.3 Å². The molecule has 1 heterocycles. The van der Waals surface area contributed by atoms with Crippen molar-refractivity contribution in [2.24, 2.45) is 0 Å². The molecular weight excluding hydrogens is 526 g/mol. The number of hydrogen-bond acceptors (Lipinski definition) is 4. The van der Waals surface area contributed by atoms with Crippen molar-refractivity contribution < 1.29 is 44.7 Å².